The van der Waals surface area contributed by atoms with Crippen molar-refractivity contribution in [3.05, 3.63) is 22.8 Å². The molecule has 4 aliphatic carbocycles. The third-order valence-corrected chi connectivity index (χ3v) is 11.6. The van der Waals surface area contributed by atoms with Crippen LogP contribution in [0.4, 0.5) is 0 Å². The molecule has 1 saturated carbocycles. The Morgan fingerprint density at radius 1 is 1.00 bits per heavy atom. The second-order valence-corrected chi connectivity index (χ2v) is 13.6. The molecule has 2 unspecified atom stereocenters. The van der Waals surface area contributed by atoms with Crippen LogP contribution in [0.1, 0.15) is 86.0 Å². The standard InChI is InChI=1S/C30H50N2O/c1-21(13-16-32-19-17-31(6)18-20-32)23-8-9-24-22-7-10-26-28(2,3)27(33)12-15-30(26,5)25(22)11-14-29(23,24)4/h9,21,23,26-27,33H,7-8,10-20H2,1-6H3/t21-,23+,26?,27?,29+,30+/m0/s1. The first-order valence-corrected chi connectivity index (χ1v) is 14.1. The summed E-state index contributed by atoms with van der Waals surface area (Å²) in [7, 11) is 2.25. The summed E-state index contributed by atoms with van der Waals surface area (Å²) in [6, 6.07) is 0. The van der Waals surface area contributed by atoms with Crippen LogP contribution in [0.2, 0.25) is 0 Å². The summed E-state index contributed by atoms with van der Waals surface area (Å²) in [5, 5.41) is 10.8. The van der Waals surface area contributed by atoms with E-state index in [9.17, 15) is 5.11 Å². The molecule has 0 aromatic heterocycles. The maximum Gasteiger partial charge on any atom is 0.0594 e. The molecule has 1 N–H and O–H groups in total. The number of rotatable bonds is 4. The summed E-state index contributed by atoms with van der Waals surface area (Å²) < 4.78 is 0. The second kappa shape index (κ2) is 8.49. The quantitative estimate of drug-likeness (QED) is 0.573. The first-order valence-electron chi connectivity index (χ1n) is 14.1. The number of nitrogens with zero attached hydrogens (tertiary/aromatic N) is 2. The van der Waals surface area contributed by atoms with Gasteiger partial charge >= 0.3 is 0 Å². The highest BCUT2D eigenvalue weighted by Crippen LogP contribution is 2.66. The molecule has 0 aromatic carbocycles. The number of hydrogen-bond donors (Lipinski definition) is 1. The first-order chi connectivity index (χ1) is 15.6. The number of hydrogen-bond acceptors (Lipinski definition) is 3. The average molecular weight is 455 g/mol. The molecule has 0 bridgehead atoms. The van der Waals surface area contributed by atoms with Crippen molar-refractivity contribution in [1.29, 1.82) is 0 Å². The van der Waals surface area contributed by atoms with Crippen molar-refractivity contribution in [2.75, 3.05) is 39.8 Å². The van der Waals surface area contributed by atoms with Crippen molar-refractivity contribution >= 4 is 0 Å². The fourth-order valence-corrected chi connectivity index (χ4v) is 9.24. The molecule has 5 rings (SSSR count). The van der Waals surface area contributed by atoms with Crippen LogP contribution in [0.5, 0.6) is 0 Å². The molecule has 0 radical (unpaired) electrons. The minimum atomic E-state index is -0.136. The van der Waals surface area contributed by atoms with Crippen molar-refractivity contribution in [3.63, 3.8) is 0 Å². The molecule has 186 valence electrons. The van der Waals surface area contributed by atoms with Gasteiger partial charge in [0.05, 0.1) is 6.10 Å². The maximum absolute atomic E-state index is 10.8. The molecule has 0 spiro atoms. The minimum absolute atomic E-state index is 0.0383. The van der Waals surface area contributed by atoms with Gasteiger partial charge in [0.25, 0.3) is 0 Å². The van der Waals surface area contributed by atoms with E-state index in [4.69, 9.17) is 0 Å². The third kappa shape index (κ3) is 3.80. The van der Waals surface area contributed by atoms with Gasteiger partial charge in [-0.3, -0.25) is 0 Å². The fourth-order valence-electron chi connectivity index (χ4n) is 9.24. The Morgan fingerprint density at radius 2 is 1.73 bits per heavy atom. The van der Waals surface area contributed by atoms with Crippen LogP contribution in [0.3, 0.4) is 0 Å². The van der Waals surface area contributed by atoms with Crippen LogP contribution in [-0.2, 0) is 0 Å². The first kappa shape index (κ1) is 24.1. The van der Waals surface area contributed by atoms with Crippen molar-refractivity contribution in [1.82, 2.24) is 9.80 Å². The Bertz CT molecular complexity index is 819. The molecule has 1 saturated heterocycles. The number of likely N-dealkylation sites (N-methyl/N-ethyl adjacent to an activating group) is 1. The van der Waals surface area contributed by atoms with E-state index in [2.05, 4.69) is 57.5 Å². The van der Waals surface area contributed by atoms with Gasteiger partial charge in [0.1, 0.15) is 0 Å². The average Bonchev–Trinajstić information content (AvgIpc) is 3.13. The Labute approximate surface area is 203 Å². The van der Waals surface area contributed by atoms with Crippen molar-refractivity contribution in [2.45, 2.75) is 92.1 Å². The lowest BCUT2D eigenvalue weighted by atomic mass is 9.46. The highest BCUT2D eigenvalue weighted by atomic mass is 16.3. The van der Waals surface area contributed by atoms with Gasteiger partial charge in [-0.2, -0.15) is 0 Å². The molecule has 6 atom stereocenters. The number of aliphatic hydroxyl groups excluding tert-OH is 1. The molecule has 1 heterocycles. The van der Waals surface area contributed by atoms with Gasteiger partial charge in [0, 0.05) is 26.2 Å². The zero-order valence-electron chi connectivity index (χ0n) is 22.4. The Kier molecular flexibility index (Phi) is 6.19. The van der Waals surface area contributed by atoms with E-state index in [1.165, 1.54) is 77.7 Å². The molecule has 2 fully saturated rings. The molecule has 0 amide bonds. The van der Waals surface area contributed by atoms with Gasteiger partial charge in [-0.25, -0.2) is 0 Å². The Balaban J connectivity index is 1.32. The molecule has 33 heavy (non-hydrogen) atoms. The topological polar surface area (TPSA) is 26.7 Å². The smallest absolute Gasteiger partial charge is 0.0594 e. The van der Waals surface area contributed by atoms with E-state index in [0.717, 1.165) is 18.3 Å². The van der Waals surface area contributed by atoms with E-state index in [0.29, 0.717) is 16.7 Å². The van der Waals surface area contributed by atoms with E-state index >= 15 is 0 Å². The van der Waals surface area contributed by atoms with Gasteiger partial charge in [-0.05, 0) is 110 Å². The lowest BCUT2D eigenvalue weighted by molar-refractivity contribution is -0.0905. The largest absolute Gasteiger partial charge is 0.393 e. The summed E-state index contributed by atoms with van der Waals surface area (Å²) in [5.41, 5.74) is 6.04. The van der Waals surface area contributed by atoms with Gasteiger partial charge in [0.15, 0.2) is 0 Å². The van der Waals surface area contributed by atoms with E-state index < -0.39 is 0 Å². The highest BCUT2D eigenvalue weighted by molar-refractivity contribution is 5.49. The lowest BCUT2D eigenvalue weighted by Crippen LogP contribution is -2.53. The highest BCUT2D eigenvalue weighted by Gasteiger charge is 2.57. The van der Waals surface area contributed by atoms with Crippen molar-refractivity contribution in [3.8, 4) is 0 Å². The zero-order valence-corrected chi connectivity index (χ0v) is 22.4. The van der Waals surface area contributed by atoms with Crippen LogP contribution >= 0.6 is 0 Å². The second-order valence-electron chi connectivity index (χ2n) is 13.6. The van der Waals surface area contributed by atoms with Gasteiger partial charge < -0.3 is 14.9 Å². The summed E-state index contributed by atoms with van der Waals surface area (Å²) in [5.74, 6) is 2.22. The van der Waals surface area contributed by atoms with E-state index in [1.807, 2.05) is 0 Å². The van der Waals surface area contributed by atoms with Crippen molar-refractivity contribution in [2.24, 2.45) is 34.0 Å². The fraction of sp³-hybridized carbons (Fsp3) is 0.867. The summed E-state index contributed by atoms with van der Waals surface area (Å²) in [6.45, 7) is 18.6. The predicted octanol–water partition coefficient (Wildman–Crippen LogP) is 5.90. The van der Waals surface area contributed by atoms with Gasteiger partial charge in [-0.1, -0.05) is 46.3 Å². The number of allylic oxidation sites excluding steroid dienone is 4. The van der Waals surface area contributed by atoms with Crippen LogP contribution in [0.25, 0.3) is 0 Å². The van der Waals surface area contributed by atoms with Crippen LogP contribution in [-0.4, -0.2) is 60.8 Å². The molecule has 0 aromatic rings. The molecule has 3 nitrogen and oxygen atoms in total. The monoisotopic (exact) mass is 454 g/mol. The lowest BCUT2D eigenvalue weighted by Gasteiger charge is -2.59. The SMILES string of the molecule is C[C@@H](CCN1CCN(C)CC1)[C@H]1CC=C2C3=C(CC[C@@]21C)[C@@]1(C)CCC(O)C(C)(C)C1CC3. The normalized spacial score (nSPS) is 42.4. The van der Waals surface area contributed by atoms with E-state index in [-0.39, 0.29) is 11.5 Å². The number of aliphatic hydroxyl groups is 1. The van der Waals surface area contributed by atoms with Crippen LogP contribution in [0.15, 0.2) is 22.8 Å². The van der Waals surface area contributed by atoms with Gasteiger partial charge in [0.2, 0.25) is 0 Å². The molecule has 5 aliphatic rings. The summed E-state index contributed by atoms with van der Waals surface area (Å²) in [4.78, 5) is 5.16. The van der Waals surface area contributed by atoms with E-state index in [1.54, 1.807) is 16.7 Å². The summed E-state index contributed by atoms with van der Waals surface area (Å²) >= 11 is 0. The molecular formula is C30H50N2O. The van der Waals surface area contributed by atoms with Gasteiger partial charge in [-0.15, -0.1) is 0 Å². The number of fused-ring (bicyclic) bond motifs is 4. The predicted molar refractivity (Wildman–Crippen MR) is 138 cm³/mol. The van der Waals surface area contributed by atoms with Crippen LogP contribution < -0.4 is 0 Å². The van der Waals surface area contributed by atoms with Crippen molar-refractivity contribution < 1.29 is 5.11 Å². The third-order valence-electron chi connectivity index (χ3n) is 11.6. The Morgan fingerprint density at radius 3 is 2.45 bits per heavy atom. The zero-order chi connectivity index (χ0) is 23.6. The van der Waals surface area contributed by atoms with Crippen LogP contribution in [0, 0.1) is 34.0 Å². The summed E-state index contributed by atoms with van der Waals surface area (Å²) in [6.07, 6.45) is 12.5. The Hall–Kier alpha value is -0.640. The minimum Gasteiger partial charge on any atom is -0.393 e. The molecular weight excluding hydrogens is 404 g/mol. The molecule has 3 heteroatoms. The number of piperazine rings is 1. The molecule has 1 aliphatic heterocycles. The maximum atomic E-state index is 10.8.